The second-order valence-corrected chi connectivity index (χ2v) is 11.6. The largest absolute Gasteiger partial charge is 0.488 e. The number of pyridine rings is 1. The molecule has 42 heavy (non-hydrogen) atoms. The van der Waals surface area contributed by atoms with E-state index in [4.69, 9.17) is 9.47 Å². The zero-order valence-electron chi connectivity index (χ0n) is 24.7. The lowest BCUT2D eigenvalue weighted by Crippen LogP contribution is -2.29. The van der Waals surface area contributed by atoms with Crippen molar-refractivity contribution in [2.75, 3.05) is 6.54 Å². The van der Waals surface area contributed by atoms with Gasteiger partial charge in [-0.1, -0.05) is 55.5 Å². The molecule has 214 valence electrons. The molecule has 1 saturated heterocycles. The fourth-order valence-corrected chi connectivity index (χ4v) is 6.70. The van der Waals surface area contributed by atoms with Crippen molar-refractivity contribution in [3.8, 4) is 28.7 Å². The minimum Gasteiger partial charge on any atom is -0.488 e. The first-order valence-electron chi connectivity index (χ1n) is 15.3. The first-order chi connectivity index (χ1) is 20.6. The van der Waals surface area contributed by atoms with E-state index in [0.29, 0.717) is 24.8 Å². The van der Waals surface area contributed by atoms with Crippen LogP contribution in [0, 0.1) is 18.3 Å². The molecule has 1 aliphatic heterocycles. The van der Waals surface area contributed by atoms with Gasteiger partial charge < -0.3 is 9.47 Å². The van der Waals surface area contributed by atoms with Crippen LogP contribution < -0.4 is 9.47 Å². The minimum atomic E-state index is 0.364. The van der Waals surface area contributed by atoms with Gasteiger partial charge in [0.2, 0.25) is 0 Å². The van der Waals surface area contributed by atoms with Crippen molar-refractivity contribution in [1.82, 2.24) is 9.88 Å². The lowest BCUT2D eigenvalue weighted by molar-refractivity contribution is 0.230. The van der Waals surface area contributed by atoms with Crippen LogP contribution in [-0.2, 0) is 32.6 Å². The molecule has 1 atom stereocenters. The van der Waals surface area contributed by atoms with Crippen molar-refractivity contribution < 1.29 is 9.47 Å². The van der Waals surface area contributed by atoms with E-state index in [9.17, 15) is 5.26 Å². The number of ether oxygens (including phenoxy) is 2. The third-order valence-corrected chi connectivity index (χ3v) is 9.00. The van der Waals surface area contributed by atoms with Crippen molar-refractivity contribution in [2.45, 2.75) is 78.2 Å². The number of aromatic nitrogens is 1. The van der Waals surface area contributed by atoms with E-state index in [0.717, 1.165) is 49.4 Å². The Bertz CT molecular complexity index is 1590. The summed E-state index contributed by atoms with van der Waals surface area (Å²) >= 11 is 0. The van der Waals surface area contributed by atoms with E-state index in [1.165, 1.54) is 58.2 Å². The summed E-state index contributed by atoms with van der Waals surface area (Å²) in [5.74, 6) is 1.83. The van der Waals surface area contributed by atoms with Crippen molar-refractivity contribution in [3.05, 3.63) is 112 Å². The first kappa shape index (κ1) is 28.0. The smallest absolute Gasteiger partial charge is 0.128 e. The zero-order valence-corrected chi connectivity index (χ0v) is 24.7. The third-order valence-electron chi connectivity index (χ3n) is 9.00. The molecule has 0 bridgehead atoms. The Kier molecular flexibility index (Phi) is 8.53. The molecule has 1 aromatic heterocycles. The van der Waals surface area contributed by atoms with E-state index >= 15 is 0 Å². The van der Waals surface area contributed by atoms with Crippen LogP contribution in [-0.4, -0.2) is 22.5 Å². The van der Waals surface area contributed by atoms with Gasteiger partial charge in [-0.3, -0.25) is 9.88 Å². The quantitative estimate of drug-likeness (QED) is 0.198. The molecule has 3 aromatic carbocycles. The molecule has 0 spiro atoms. The Labute approximate surface area is 249 Å². The van der Waals surface area contributed by atoms with Gasteiger partial charge in [0.05, 0.1) is 5.56 Å². The molecule has 2 heterocycles. The van der Waals surface area contributed by atoms with E-state index in [1.807, 2.05) is 6.07 Å². The number of rotatable bonds is 10. The second-order valence-electron chi connectivity index (χ2n) is 11.6. The van der Waals surface area contributed by atoms with Gasteiger partial charge in [-0.2, -0.15) is 5.26 Å². The molecular formula is C37H39N3O2. The molecule has 1 aliphatic carbocycles. The molecule has 0 radical (unpaired) electrons. The minimum absolute atomic E-state index is 0.364. The van der Waals surface area contributed by atoms with Crippen LogP contribution in [0.2, 0.25) is 0 Å². The number of nitriles is 1. The molecule has 2 aliphatic rings. The van der Waals surface area contributed by atoms with Gasteiger partial charge in [0.25, 0.3) is 0 Å². The van der Waals surface area contributed by atoms with E-state index in [1.54, 1.807) is 12.4 Å². The molecule has 0 N–H and O–H groups in total. The van der Waals surface area contributed by atoms with Crippen LogP contribution in [0.15, 0.2) is 73.1 Å². The average molecular weight is 558 g/mol. The number of likely N-dealkylation sites (tertiary alicyclic amines) is 1. The maximum Gasteiger partial charge on any atom is 0.128 e. The normalized spacial score (nSPS) is 16.3. The highest BCUT2D eigenvalue weighted by Gasteiger charge is 2.29. The van der Waals surface area contributed by atoms with Gasteiger partial charge >= 0.3 is 0 Å². The van der Waals surface area contributed by atoms with Gasteiger partial charge in [0.15, 0.2) is 0 Å². The summed E-state index contributed by atoms with van der Waals surface area (Å²) in [7, 11) is 0. The van der Waals surface area contributed by atoms with Crippen LogP contribution in [0.5, 0.6) is 11.5 Å². The Morgan fingerprint density at radius 1 is 0.929 bits per heavy atom. The van der Waals surface area contributed by atoms with Crippen molar-refractivity contribution in [2.24, 2.45) is 0 Å². The van der Waals surface area contributed by atoms with Crippen LogP contribution in [0.25, 0.3) is 11.1 Å². The molecule has 4 aromatic rings. The van der Waals surface area contributed by atoms with E-state index in [2.05, 4.69) is 84.4 Å². The molecule has 0 saturated carbocycles. The molecule has 0 amide bonds. The second kappa shape index (κ2) is 12.8. The molecule has 6 rings (SSSR count). The standard InChI is InChI=1S/C37H39N3O2/c1-3-31-13-9-17-40(31)23-35-33-15-8-16-34(33)36(19-37(35)41-24-28-18-27(20-38)21-39-22-28)42-25-30-12-7-14-32(26(30)2)29-10-5-4-6-11-29/h4-7,10-12,14,18-19,21-22,31H,3,8-9,13,15-17,23-25H2,1-2H3. The van der Waals surface area contributed by atoms with Gasteiger partial charge in [0.1, 0.15) is 30.8 Å². The number of fused-ring (bicyclic) bond motifs is 1. The number of benzene rings is 3. The monoisotopic (exact) mass is 557 g/mol. The van der Waals surface area contributed by atoms with Crippen LogP contribution in [0.1, 0.15) is 71.6 Å². The third kappa shape index (κ3) is 5.91. The highest BCUT2D eigenvalue weighted by atomic mass is 16.5. The molecular weight excluding hydrogens is 518 g/mol. The SMILES string of the molecule is CCC1CCCN1Cc1c(OCc2cncc(C#N)c2)cc(OCc2cccc(-c3ccccc3)c2C)c2c1CCC2. The molecule has 5 nitrogen and oxygen atoms in total. The summed E-state index contributed by atoms with van der Waals surface area (Å²) in [6.07, 6.45) is 10.3. The summed E-state index contributed by atoms with van der Waals surface area (Å²) < 4.78 is 13.2. The predicted octanol–water partition coefficient (Wildman–Crippen LogP) is 7.95. The Balaban J connectivity index is 1.31. The Hall–Kier alpha value is -4.14. The average Bonchev–Trinajstić information content (AvgIpc) is 3.71. The van der Waals surface area contributed by atoms with Crippen LogP contribution in [0.3, 0.4) is 0 Å². The Morgan fingerprint density at radius 3 is 2.60 bits per heavy atom. The fraction of sp³-hybridized carbons (Fsp3) is 0.351. The van der Waals surface area contributed by atoms with Gasteiger partial charge in [-0.05, 0) is 91.4 Å². The topological polar surface area (TPSA) is 58.4 Å². The van der Waals surface area contributed by atoms with E-state index < -0.39 is 0 Å². The van der Waals surface area contributed by atoms with Crippen LogP contribution in [0.4, 0.5) is 0 Å². The van der Waals surface area contributed by atoms with Gasteiger partial charge in [0, 0.05) is 42.2 Å². The number of nitrogens with zero attached hydrogens (tertiary/aromatic N) is 3. The summed E-state index contributed by atoms with van der Waals surface area (Å²) in [4.78, 5) is 6.87. The number of hydrogen-bond donors (Lipinski definition) is 0. The number of hydrogen-bond acceptors (Lipinski definition) is 5. The van der Waals surface area contributed by atoms with Gasteiger partial charge in [-0.15, -0.1) is 0 Å². The lowest BCUT2D eigenvalue weighted by Gasteiger charge is -2.27. The summed E-state index contributed by atoms with van der Waals surface area (Å²) in [5, 5.41) is 9.34. The van der Waals surface area contributed by atoms with Crippen molar-refractivity contribution >= 4 is 0 Å². The van der Waals surface area contributed by atoms with Crippen LogP contribution >= 0.6 is 0 Å². The maximum absolute atomic E-state index is 9.34. The fourth-order valence-electron chi connectivity index (χ4n) is 6.70. The zero-order chi connectivity index (χ0) is 28.9. The lowest BCUT2D eigenvalue weighted by atomic mass is 9.97. The summed E-state index contributed by atoms with van der Waals surface area (Å²) in [6.45, 7) is 7.40. The molecule has 1 unspecified atom stereocenters. The highest BCUT2D eigenvalue weighted by Crippen LogP contribution is 2.41. The summed E-state index contributed by atoms with van der Waals surface area (Å²) in [6, 6.07) is 23.8. The molecule has 1 fully saturated rings. The predicted molar refractivity (Wildman–Crippen MR) is 166 cm³/mol. The van der Waals surface area contributed by atoms with Crippen molar-refractivity contribution in [3.63, 3.8) is 0 Å². The molecule has 5 heteroatoms. The maximum atomic E-state index is 9.34. The summed E-state index contributed by atoms with van der Waals surface area (Å²) in [5.41, 5.74) is 10.4. The first-order valence-corrected chi connectivity index (χ1v) is 15.3. The van der Waals surface area contributed by atoms with Crippen molar-refractivity contribution in [1.29, 1.82) is 5.26 Å². The Morgan fingerprint density at radius 2 is 1.76 bits per heavy atom. The van der Waals surface area contributed by atoms with Gasteiger partial charge in [-0.25, -0.2) is 0 Å². The van der Waals surface area contributed by atoms with E-state index in [-0.39, 0.29) is 0 Å². The highest BCUT2D eigenvalue weighted by molar-refractivity contribution is 5.68.